The highest BCUT2D eigenvalue weighted by atomic mass is 16.4. The maximum atomic E-state index is 12.9. The number of nitrogens with zero attached hydrogens (tertiary/aromatic N) is 2. The van der Waals surface area contributed by atoms with Gasteiger partial charge in [0.05, 0.1) is 18.8 Å². The number of carbonyl (C=O) groups is 5. The molecular weight excluding hydrogens is 434 g/mol. The van der Waals surface area contributed by atoms with Gasteiger partial charge in [-0.2, -0.15) is 0 Å². The number of nitrogens with one attached hydrogen (secondary N) is 3. The Hall–Kier alpha value is -3.48. The smallest absolute Gasteiger partial charge is 0.326 e. The SMILES string of the molecule is CC(C)C(N)C(=O)N1CCCC1C(=O)NC(CC(N)=O)C(=O)NC(Cc1cnc[nH]1)C(=O)O. The van der Waals surface area contributed by atoms with Crippen LogP contribution in [0.5, 0.6) is 0 Å². The molecule has 1 saturated heterocycles. The highest BCUT2D eigenvalue weighted by Gasteiger charge is 2.38. The predicted molar refractivity (Wildman–Crippen MR) is 115 cm³/mol. The third-order valence-electron chi connectivity index (χ3n) is 5.47. The molecule has 0 radical (unpaired) electrons. The molecule has 13 nitrogen and oxygen atoms in total. The van der Waals surface area contributed by atoms with Crippen molar-refractivity contribution >= 4 is 29.6 Å². The van der Waals surface area contributed by atoms with Crippen molar-refractivity contribution in [1.82, 2.24) is 25.5 Å². The van der Waals surface area contributed by atoms with E-state index in [9.17, 15) is 29.1 Å². The summed E-state index contributed by atoms with van der Waals surface area (Å²) >= 11 is 0. The topological polar surface area (TPSA) is 214 Å². The number of aromatic amines is 1. The molecule has 0 aromatic carbocycles. The van der Waals surface area contributed by atoms with Crippen molar-refractivity contribution in [1.29, 1.82) is 0 Å². The second-order valence-corrected chi connectivity index (χ2v) is 8.37. The van der Waals surface area contributed by atoms with Gasteiger partial charge in [-0.1, -0.05) is 13.8 Å². The molecule has 13 heteroatoms. The molecule has 1 aliphatic rings. The summed E-state index contributed by atoms with van der Waals surface area (Å²) < 4.78 is 0. The summed E-state index contributed by atoms with van der Waals surface area (Å²) in [5.74, 6) is -4.20. The van der Waals surface area contributed by atoms with Crippen LogP contribution in [-0.4, -0.2) is 80.3 Å². The number of nitrogens with two attached hydrogens (primary N) is 2. The molecule has 8 N–H and O–H groups in total. The number of primary amides is 1. The third-order valence-corrected chi connectivity index (χ3v) is 5.47. The van der Waals surface area contributed by atoms with Gasteiger partial charge < -0.3 is 37.1 Å². The molecule has 0 spiro atoms. The number of likely N-dealkylation sites (tertiary alicyclic amines) is 1. The lowest BCUT2D eigenvalue weighted by Gasteiger charge is -2.29. The zero-order valence-corrected chi connectivity index (χ0v) is 18.6. The van der Waals surface area contributed by atoms with Gasteiger partial charge in [0.25, 0.3) is 0 Å². The molecule has 182 valence electrons. The maximum Gasteiger partial charge on any atom is 0.326 e. The second kappa shape index (κ2) is 11.4. The molecule has 1 aromatic rings. The summed E-state index contributed by atoms with van der Waals surface area (Å²) in [7, 11) is 0. The lowest BCUT2D eigenvalue weighted by molar-refractivity contribution is -0.143. The van der Waals surface area contributed by atoms with Crippen LogP contribution >= 0.6 is 0 Å². The van der Waals surface area contributed by atoms with Gasteiger partial charge in [0.15, 0.2) is 0 Å². The van der Waals surface area contributed by atoms with Gasteiger partial charge in [0, 0.05) is 24.9 Å². The van der Waals surface area contributed by atoms with Crippen LogP contribution in [0.25, 0.3) is 0 Å². The first-order valence-electron chi connectivity index (χ1n) is 10.7. The number of hydrogen-bond acceptors (Lipinski definition) is 7. The summed E-state index contributed by atoms with van der Waals surface area (Å²) in [5.41, 5.74) is 11.6. The number of carbonyl (C=O) groups excluding carboxylic acids is 4. The van der Waals surface area contributed by atoms with Crippen LogP contribution < -0.4 is 22.1 Å². The van der Waals surface area contributed by atoms with Gasteiger partial charge in [-0.3, -0.25) is 19.2 Å². The van der Waals surface area contributed by atoms with Crippen LogP contribution in [0.2, 0.25) is 0 Å². The van der Waals surface area contributed by atoms with Gasteiger partial charge in [0.1, 0.15) is 18.1 Å². The number of carboxylic acids is 1. The monoisotopic (exact) mass is 465 g/mol. The lowest BCUT2D eigenvalue weighted by Crippen LogP contribution is -2.57. The van der Waals surface area contributed by atoms with Crippen molar-refractivity contribution in [3.05, 3.63) is 18.2 Å². The second-order valence-electron chi connectivity index (χ2n) is 8.37. The molecule has 2 heterocycles. The van der Waals surface area contributed by atoms with Crippen LogP contribution in [0.1, 0.15) is 38.8 Å². The molecule has 2 rings (SSSR count). The number of amides is 4. The first-order valence-corrected chi connectivity index (χ1v) is 10.7. The van der Waals surface area contributed by atoms with Gasteiger partial charge >= 0.3 is 5.97 Å². The molecule has 0 saturated carbocycles. The van der Waals surface area contributed by atoms with E-state index in [-0.39, 0.29) is 18.2 Å². The van der Waals surface area contributed by atoms with E-state index in [0.29, 0.717) is 25.1 Å². The van der Waals surface area contributed by atoms with E-state index in [1.54, 1.807) is 13.8 Å². The molecule has 0 aliphatic carbocycles. The fourth-order valence-electron chi connectivity index (χ4n) is 3.55. The zero-order valence-electron chi connectivity index (χ0n) is 18.6. The first kappa shape index (κ1) is 25.8. The van der Waals surface area contributed by atoms with Crippen molar-refractivity contribution in [2.24, 2.45) is 17.4 Å². The maximum absolute atomic E-state index is 12.9. The molecule has 4 atom stereocenters. The molecule has 4 amide bonds. The molecule has 4 unspecified atom stereocenters. The summed E-state index contributed by atoms with van der Waals surface area (Å²) in [5, 5.41) is 14.2. The van der Waals surface area contributed by atoms with Gasteiger partial charge in [-0.25, -0.2) is 9.78 Å². The number of aromatic nitrogens is 2. The van der Waals surface area contributed by atoms with Crippen LogP contribution in [-0.2, 0) is 30.4 Å². The standard InChI is InChI=1S/C20H31N7O6/c1-10(2)16(22)19(31)27-5-3-4-14(27)18(30)25-12(7-15(21)28)17(29)26-13(20(32)33)6-11-8-23-9-24-11/h8-10,12-14,16H,3-7,22H2,1-2H3,(H2,21,28)(H,23,24)(H,25,30)(H,26,29)(H,32,33). The van der Waals surface area contributed by atoms with Crippen molar-refractivity contribution in [3.63, 3.8) is 0 Å². The summed E-state index contributed by atoms with van der Waals surface area (Å²) in [6, 6.07) is -4.37. The van der Waals surface area contributed by atoms with Crippen molar-refractivity contribution in [2.45, 2.75) is 63.7 Å². The minimum atomic E-state index is -1.41. The average molecular weight is 466 g/mol. The van der Waals surface area contributed by atoms with E-state index in [0.717, 1.165) is 0 Å². The molecule has 0 bridgehead atoms. The van der Waals surface area contributed by atoms with Crippen molar-refractivity contribution in [2.75, 3.05) is 6.54 Å². The quantitative estimate of drug-likeness (QED) is 0.211. The van der Waals surface area contributed by atoms with Crippen molar-refractivity contribution in [3.8, 4) is 0 Å². The Morgan fingerprint density at radius 3 is 2.48 bits per heavy atom. The Kier molecular flexibility index (Phi) is 8.91. The lowest BCUT2D eigenvalue weighted by atomic mass is 10.0. The minimum Gasteiger partial charge on any atom is -0.480 e. The molecule has 1 fully saturated rings. The van der Waals surface area contributed by atoms with Crippen LogP contribution in [0.3, 0.4) is 0 Å². The predicted octanol–water partition coefficient (Wildman–Crippen LogP) is -2.14. The highest BCUT2D eigenvalue weighted by Crippen LogP contribution is 2.20. The molecule has 1 aromatic heterocycles. The Labute approximate surface area is 190 Å². The van der Waals surface area contributed by atoms with Gasteiger partial charge in [0.2, 0.25) is 23.6 Å². The summed E-state index contributed by atoms with van der Waals surface area (Å²) in [4.78, 5) is 69.4. The fraction of sp³-hybridized carbons (Fsp3) is 0.600. The number of carboxylic acid groups (broad SMARTS) is 1. The largest absolute Gasteiger partial charge is 0.480 e. The van der Waals surface area contributed by atoms with E-state index < -0.39 is 54.3 Å². The third kappa shape index (κ3) is 7.00. The van der Waals surface area contributed by atoms with Gasteiger partial charge in [-0.05, 0) is 18.8 Å². The molecular formula is C20H31N7O6. The fourth-order valence-corrected chi connectivity index (χ4v) is 3.55. The number of aliphatic carboxylic acids is 1. The van der Waals surface area contributed by atoms with Crippen LogP contribution in [0, 0.1) is 5.92 Å². The molecule has 1 aliphatic heterocycles. The zero-order chi connectivity index (χ0) is 24.7. The minimum absolute atomic E-state index is 0.0870. The van der Waals surface area contributed by atoms with Crippen LogP contribution in [0.15, 0.2) is 12.5 Å². The summed E-state index contributed by atoms with van der Waals surface area (Å²) in [6.07, 6.45) is 3.10. The molecule has 33 heavy (non-hydrogen) atoms. The van der Waals surface area contributed by atoms with E-state index in [2.05, 4.69) is 20.6 Å². The average Bonchev–Trinajstić information content (AvgIpc) is 3.43. The summed E-state index contributed by atoms with van der Waals surface area (Å²) in [6.45, 7) is 3.93. The van der Waals surface area contributed by atoms with E-state index in [4.69, 9.17) is 11.5 Å². The Morgan fingerprint density at radius 1 is 1.24 bits per heavy atom. The van der Waals surface area contributed by atoms with Crippen LogP contribution in [0.4, 0.5) is 0 Å². The number of imidazole rings is 1. The Morgan fingerprint density at radius 2 is 1.94 bits per heavy atom. The number of hydrogen-bond donors (Lipinski definition) is 6. The number of H-pyrrole nitrogens is 1. The highest BCUT2D eigenvalue weighted by molar-refractivity contribution is 5.96. The first-order chi connectivity index (χ1) is 15.5. The Bertz CT molecular complexity index is 872. The number of rotatable bonds is 11. The van der Waals surface area contributed by atoms with Crippen molar-refractivity contribution < 1.29 is 29.1 Å². The van der Waals surface area contributed by atoms with E-state index >= 15 is 0 Å². The van der Waals surface area contributed by atoms with E-state index in [1.165, 1.54) is 17.4 Å². The Balaban J connectivity index is 2.11. The normalized spacial score (nSPS) is 18.4. The van der Waals surface area contributed by atoms with E-state index in [1.807, 2.05) is 0 Å². The van der Waals surface area contributed by atoms with Gasteiger partial charge in [-0.15, -0.1) is 0 Å².